The Morgan fingerprint density at radius 2 is 2.22 bits per heavy atom. The number of amides is 2. The Balaban J connectivity index is 2.47. The molecule has 0 unspecified atom stereocenters. The largest absolute Gasteiger partial charge is 0.480 e. The number of carbonyl (C=O) groups is 2. The normalized spacial score (nSPS) is 11.1. The minimum absolute atomic E-state index is 0.230. The highest BCUT2D eigenvalue weighted by Gasteiger charge is 2.13. The molecule has 1 aromatic carbocycles. The molecule has 0 aliphatic carbocycles. The van der Waals surface area contributed by atoms with E-state index >= 15 is 0 Å². The fourth-order valence-corrected chi connectivity index (χ4v) is 1.24. The van der Waals surface area contributed by atoms with Crippen molar-refractivity contribution in [3.8, 4) is 6.07 Å². The van der Waals surface area contributed by atoms with E-state index < -0.39 is 18.0 Å². The van der Waals surface area contributed by atoms with Crippen LogP contribution in [0.2, 0.25) is 0 Å². The molecule has 0 radical (unpaired) electrons. The summed E-state index contributed by atoms with van der Waals surface area (Å²) >= 11 is 0. The van der Waals surface area contributed by atoms with Crippen LogP contribution in [-0.2, 0) is 11.3 Å². The number of carboxylic acids is 1. The van der Waals surface area contributed by atoms with Gasteiger partial charge >= 0.3 is 12.0 Å². The van der Waals surface area contributed by atoms with Gasteiger partial charge in [-0.15, -0.1) is 0 Å². The highest BCUT2D eigenvalue weighted by Crippen LogP contribution is 2.03. The number of hydrogen-bond acceptors (Lipinski definition) is 3. The SMILES string of the molecule is C[C@@H](NC(=O)NCc1cccc(C#N)c1)C(=O)O. The second-order valence-electron chi connectivity index (χ2n) is 3.70. The van der Waals surface area contributed by atoms with Gasteiger partial charge < -0.3 is 15.7 Å². The number of nitrogens with one attached hydrogen (secondary N) is 2. The smallest absolute Gasteiger partial charge is 0.325 e. The Kier molecular flexibility index (Phi) is 4.69. The van der Waals surface area contributed by atoms with Gasteiger partial charge in [0.1, 0.15) is 6.04 Å². The van der Waals surface area contributed by atoms with Crippen molar-refractivity contribution < 1.29 is 14.7 Å². The molecule has 6 nitrogen and oxygen atoms in total. The summed E-state index contributed by atoms with van der Waals surface area (Å²) in [5.74, 6) is -1.10. The van der Waals surface area contributed by atoms with Gasteiger partial charge in [-0.3, -0.25) is 4.79 Å². The van der Waals surface area contributed by atoms with E-state index in [1.54, 1.807) is 24.3 Å². The Labute approximate surface area is 104 Å². The third-order valence-corrected chi connectivity index (χ3v) is 2.23. The van der Waals surface area contributed by atoms with Crippen LogP contribution >= 0.6 is 0 Å². The van der Waals surface area contributed by atoms with Crippen LogP contribution in [0, 0.1) is 11.3 Å². The van der Waals surface area contributed by atoms with Gasteiger partial charge in [-0.2, -0.15) is 5.26 Å². The summed E-state index contributed by atoms with van der Waals surface area (Å²) in [6.45, 7) is 1.60. The first-order valence-electron chi connectivity index (χ1n) is 5.29. The lowest BCUT2D eigenvalue weighted by Gasteiger charge is -2.10. The molecular formula is C12H13N3O3. The van der Waals surface area contributed by atoms with Crippen molar-refractivity contribution in [3.63, 3.8) is 0 Å². The number of carboxylic acid groups (broad SMARTS) is 1. The van der Waals surface area contributed by atoms with E-state index in [1.807, 2.05) is 6.07 Å². The number of nitriles is 1. The topological polar surface area (TPSA) is 102 Å². The summed E-state index contributed by atoms with van der Waals surface area (Å²) in [7, 11) is 0. The molecular weight excluding hydrogens is 234 g/mol. The number of benzene rings is 1. The molecule has 2 amide bonds. The number of carbonyl (C=O) groups excluding carboxylic acids is 1. The second-order valence-corrected chi connectivity index (χ2v) is 3.70. The summed E-state index contributed by atoms with van der Waals surface area (Å²) in [6, 6.07) is 7.28. The Morgan fingerprint density at radius 3 is 2.83 bits per heavy atom. The van der Waals surface area contributed by atoms with Crippen LogP contribution in [0.3, 0.4) is 0 Å². The summed E-state index contributed by atoms with van der Waals surface area (Å²) in [4.78, 5) is 21.8. The minimum atomic E-state index is -1.10. The number of urea groups is 1. The summed E-state index contributed by atoms with van der Waals surface area (Å²) < 4.78 is 0. The number of rotatable bonds is 4. The molecule has 94 valence electrons. The van der Waals surface area contributed by atoms with Gasteiger partial charge in [-0.25, -0.2) is 4.79 Å². The molecule has 0 aliphatic heterocycles. The standard InChI is InChI=1S/C12H13N3O3/c1-8(11(16)17)15-12(18)14-7-10-4-2-3-9(5-10)6-13/h2-5,8H,7H2,1H3,(H,16,17)(H2,14,15,18)/t8-/m1/s1. The quantitative estimate of drug-likeness (QED) is 0.733. The van der Waals surface area contributed by atoms with Crippen LogP contribution in [0.15, 0.2) is 24.3 Å². The lowest BCUT2D eigenvalue weighted by molar-refractivity contribution is -0.138. The molecule has 6 heteroatoms. The van der Waals surface area contributed by atoms with Crippen LogP contribution in [0.25, 0.3) is 0 Å². The van der Waals surface area contributed by atoms with E-state index in [0.717, 1.165) is 5.56 Å². The van der Waals surface area contributed by atoms with Gasteiger partial charge in [0.25, 0.3) is 0 Å². The zero-order chi connectivity index (χ0) is 13.5. The molecule has 0 spiro atoms. The molecule has 0 saturated heterocycles. The molecule has 1 aromatic rings. The molecule has 0 fully saturated rings. The highest BCUT2D eigenvalue weighted by atomic mass is 16.4. The van der Waals surface area contributed by atoms with Gasteiger partial charge in [-0.05, 0) is 24.6 Å². The molecule has 0 aromatic heterocycles. The van der Waals surface area contributed by atoms with Crippen molar-refractivity contribution in [3.05, 3.63) is 35.4 Å². The second kappa shape index (κ2) is 6.25. The maximum absolute atomic E-state index is 11.3. The molecule has 1 atom stereocenters. The molecule has 1 rings (SSSR count). The lowest BCUT2D eigenvalue weighted by Crippen LogP contribution is -2.44. The fourth-order valence-electron chi connectivity index (χ4n) is 1.24. The van der Waals surface area contributed by atoms with E-state index in [-0.39, 0.29) is 6.54 Å². The van der Waals surface area contributed by atoms with E-state index in [9.17, 15) is 9.59 Å². The van der Waals surface area contributed by atoms with Crippen molar-refractivity contribution in [1.29, 1.82) is 5.26 Å². The van der Waals surface area contributed by atoms with Crippen LogP contribution in [0.5, 0.6) is 0 Å². The number of hydrogen-bond donors (Lipinski definition) is 3. The van der Waals surface area contributed by atoms with E-state index in [4.69, 9.17) is 10.4 Å². The average Bonchev–Trinajstić information content (AvgIpc) is 2.36. The average molecular weight is 247 g/mol. The van der Waals surface area contributed by atoms with Gasteiger partial charge in [0, 0.05) is 6.54 Å². The highest BCUT2D eigenvalue weighted by molar-refractivity contribution is 5.82. The first-order chi connectivity index (χ1) is 8.52. The number of aliphatic carboxylic acids is 1. The van der Waals surface area contributed by atoms with Crippen molar-refractivity contribution in [2.45, 2.75) is 19.5 Å². The Hall–Kier alpha value is -2.55. The first-order valence-corrected chi connectivity index (χ1v) is 5.29. The summed E-state index contributed by atoms with van der Waals surface area (Å²) in [5, 5.41) is 22.1. The zero-order valence-electron chi connectivity index (χ0n) is 9.80. The van der Waals surface area contributed by atoms with Gasteiger partial charge in [-0.1, -0.05) is 12.1 Å². The Bertz CT molecular complexity index is 494. The maximum atomic E-state index is 11.3. The fraction of sp³-hybridized carbons (Fsp3) is 0.250. The Morgan fingerprint density at radius 1 is 1.50 bits per heavy atom. The first kappa shape index (κ1) is 13.5. The summed E-state index contributed by atoms with van der Waals surface area (Å²) in [6.07, 6.45) is 0. The van der Waals surface area contributed by atoms with Crippen molar-refractivity contribution >= 4 is 12.0 Å². The van der Waals surface area contributed by atoms with Crippen molar-refractivity contribution in [2.24, 2.45) is 0 Å². The van der Waals surface area contributed by atoms with Gasteiger partial charge in [0.05, 0.1) is 11.6 Å². The number of nitrogens with zero attached hydrogens (tertiary/aromatic N) is 1. The van der Waals surface area contributed by atoms with Crippen LogP contribution in [0.1, 0.15) is 18.1 Å². The third kappa shape index (κ3) is 4.14. The molecule has 0 saturated carbocycles. The maximum Gasteiger partial charge on any atom is 0.325 e. The van der Waals surface area contributed by atoms with E-state index in [1.165, 1.54) is 6.92 Å². The molecule has 3 N–H and O–H groups in total. The van der Waals surface area contributed by atoms with E-state index in [0.29, 0.717) is 5.56 Å². The molecule has 0 bridgehead atoms. The van der Waals surface area contributed by atoms with Crippen LogP contribution in [-0.4, -0.2) is 23.1 Å². The zero-order valence-corrected chi connectivity index (χ0v) is 9.80. The molecule has 0 aliphatic rings. The summed E-state index contributed by atoms with van der Waals surface area (Å²) in [5.41, 5.74) is 1.28. The predicted molar refractivity (Wildman–Crippen MR) is 63.6 cm³/mol. The van der Waals surface area contributed by atoms with Crippen molar-refractivity contribution in [1.82, 2.24) is 10.6 Å². The van der Waals surface area contributed by atoms with Gasteiger partial charge in [0.2, 0.25) is 0 Å². The predicted octanol–water partition coefficient (Wildman–Crippen LogP) is 0.831. The van der Waals surface area contributed by atoms with E-state index in [2.05, 4.69) is 10.6 Å². The minimum Gasteiger partial charge on any atom is -0.480 e. The molecule has 18 heavy (non-hydrogen) atoms. The lowest BCUT2D eigenvalue weighted by atomic mass is 10.1. The van der Waals surface area contributed by atoms with Crippen LogP contribution < -0.4 is 10.6 Å². The monoisotopic (exact) mass is 247 g/mol. The van der Waals surface area contributed by atoms with Crippen LogP contribution in [0.4, 0.5) is 4.79 Å². The third-order valence-electron chi connectivity index (χ3n) is 2.23. The van der Waals surface area contributed by atoms with Crippen molar-refractivity contribution in [2.75, 3.05) is 0 Å². The molecule has 0 heterocycles. The van der Waals surface area contributed by atoms with Gasteiger partial charge in [0.15, 0.2) is 0 Å².